The number of rotatable bonds is 5. The van der Waals surface area contributed by atoms with E-state index >= 15 is 0 Å². The molecule has 2 aliphatic carbocycles. The predicted molar refractivity (Wildman–Crippen MR) is 147 cm³/mol. The van der Waals surface area contributed by atoms with Gasteiger partial charge in [-0.1, -0.05) is 87.8 Å². The summed E-state index contributed by atoms with van der Waals surface area (Å²) in [7, 11) is 0. The lowest BCUT2D eigenvalue weighted by atomic mass is 9.84. The average molecular weight is 656 g/mol. The average Bonchev–Trinajstić information content (AvgIpc) is 3.26. The summed E-state index contributed by atoms with van der Waals surface area (Å²) in [5, 5.41) is 1.13. The fraction of sp³-hybridized carbons (Fsp3) is 0.280. The topological polar surface area (TPSA) is 74.8 Å². The number of allylic oxidation sites excluding steroid dienone is 2. The van der Waals surface area contributed by atoms with Crippen molar-refractivity contribution in [2.75, 3.05) is 6.54 Å². The maximum atomic E-state index is 13.9. The summed E-state index contributed by atoms with van der Waals surface area (Å²) >= 11 is 45.3. The van der Waals surface area contributed by atoms with Crippen LogP contribution >= 0.6 is 81.2 Å². The molecule has 3 amide bonds. The van der Waals surface area contributed by atoms with E-state index in [1.807, 2.05) is 6.92 Å². The maximum absolute atomic E-state index is 13.9. The van der Waals surface area contributed by atoms with Crippen LogP contribution in [0.5, 0.6) is 0 Å². The number of hydrazine groups is 1. The summed E-state index contributed by atoms with van der Waals surface area (Å²) < 4.78 is -2.13. The van der Waals surface area contributed by atoms with Gasteiger partial charge in [0.05, 0.1) is 21.9 Å². The van der Waals surface area contributed by atoms with Crippen LogP contribution in [0.25, 0.3) is 0 Å². The first kappa shape index (κ1) is 28.0. The minimum atomic E-state index is -2.13. The number of carbonyl (C=O) groups is 4. The van der Waals surface area contributed by atoms with Gasteiger partial charge in [-0.25, -0.2) is 5.01 Å². The quantitative estimate of drug-likeness (QED) is 0.214. The summed E-state index contributed by atoms with van der Waals surface area (Å²) in [4.78, 5) is 50.5. The second-order valence-electron chi connectivity index (χ2n) is 9.23. The molecule has 1 saturated carbocycles. The molecule has 0 aromatic heterocycles. The van der Waals surface area contributed by atoms with Crippen LogP contribution in [0, 0.1) is 18.8 Å². The highest BCUT2D eigenvalue weighted by molar-refractivity contribution is 6.66. The highest BCUT2D eigenvalue weighted by Gasteiger charge is 2.88. The molecule has 1 saturated heterocycles. The van der Waals surface area contributed by atoms with Gasteiger partial charge in [0, 0.05) is 16.1 Å². The van der Waals surface area contributed by atoms with Crippen LogP contribution in [0.2, 0.25) is 5.02 Å². The molecular formula is C25H15Cl7N2O4. The summed E-state index contributed by atoms with van der Waals surface area (Å²) in [6.07, 6.45) is 0. The van der Waals surface area contributed by atoms with E-state index in [1.165, 1.54) is 24.3 Å². The number of amides is 3. The molecule has 3 aliphatic rings. The predicted octanol–water partition coefficient (Wildman–Crippen LogP) is 6.34. The lowest BCUT2D eigenvalue weighted by Gasteiger charge is -2.36. The van der Waals surface area contributed by atoms with E-state index in [-0.39, 0.29) is 21.2 Å². The number of fused-ring (bicyclic) bond motifs is 5. The molecule has 6 nitrogen and oxygen atoms in total. The normalized spacial score (nSPS) is 29.2. The molecule has 0 N–H and O–H groups in total. The third kappa shape index (κ3) is 3.54. The molecule has 2 aromatic rings. The number of aryl methyl sites for hydroxylation is 1. The zero-order valence-electron chi connectivity index (χ0n) is 19.2. The molecule has 38 heavy (non-hydrogen) atoms. The molecule has 13 heteroatoms. The van der Waals surface area contributed by atoms with Crippen molar-refractivity contribution in [3.05, 3.63) is 80.3 Å². The van der Waals surface area contributed by atoms with Crippen LogP contribution in [-0.4, -0.2) is 54.1 Å². The van der Waals surface area contributed by atoms with Gasteiger partial charge in [-0.05, 0) is 31.2 Å². The fourth-order valence-corrected chi connectivity index (χ4v) is 8.21. The van der Waals surface area contributed by atoms with Gasteiger partial charge in [0.1, 0.15) is 16.3 Å². The van der Waals surface area contributed by atoms with Crippen molar-refractivity contribution in [1.29, 1.82) is 0 Å². The molecule has 2 aromatic carbocycles. The minimum absolute atomic E-state index is 0.0612. The fourth-order valence-electron chi connectivity index (χ4n) is 5.16. The largest absolute Gasteiger partial charge is 0.292 e. The van der Waals surface area contributed by atoms with Crippen LogP contribution in [0.3, 0.4) is 0 Å². The zero-order chi connectivity index (χ0) is 27.9. The second kappa shape index (κ2) is 9.27. The van der Waals surface area contributed by atoms with Crippen molar-refractivity contribution in [3.8, 4) is 0 Å². The molecule has 5 rings (SSSR count). The Morgan fingerprint density at radius 1 is 0.789 bits per heavy atom. The Balaban J connectivity index is 1.59. The molecule has 0 spiro atoms. The molecular weight excluding hydrogens is 640 g/mol. The van der Waals surface area contributed by atoms with E-state index in [1.54, 1.807) is 24.3 Å². The molecule has 1 heterocycles. The molecule has 2 fully saturated rings. The number of alkyl halides is 4. The lowest BCUT2D eigenvalue weighted by Crippen LogP contribution is -2.56. The molecule has 198 valence electrons. The Kier molecular flexibility index (Phi) is 6.84. The number of imide groups is 1. The first-order valence-electron chi connectivity index (χ1n) is 11.1. The Morgan fingerprint density at radius 2 is 1.24 bits per heavy atom. The Morgan fingerprint density at radius 3 is 1.71 bits per heavy atom. The SMILES string of the molecule is Cc1ccc(C(=O)CN(C(=O)c2ccc(Cl)cc2)N2C(=O)[C@@H]3[C@@H](C2=O)[C@@]2(Cl)C(Cl)=C(Cl)[C@@]3(Cl)C2(Cl)Cl)cc1. The van der Waals surface area contributed by atoms with Gasteiger partial charge in [0.15, 0.2) is 10.1 Å². The summed E-state index contributed by atoms with van der Waals surface area (Å²) in [5.74, 6) is -6.19. The van der Waals surface area contributed by atoms with Gasteiger partial charge >= 0.3 is 0 Å². The van der Waals surface area contributed by atoms with Crippen LogP contribution < -0.4 is 0 Å². The number of nitrogens with zero attached hydrogens (tertiary/aromatic N) is 2. The molecule has 1 aliphatic heterocycles. The van der Waals surface area contributed by atoms with Gasteiger partial charge in [0.2, 0.25) is 0 Å². The van der Waals surface area contributed by atoms with E-state index in [4.69, 9.17) is 81.2 Å². The van der Waals surface area contributed by atoms with Crippen molar-refractivity contribution in [3.63, 3.8) is 0 Å². The van der Waals surface area contributed by atoms with Crippen LogP contribution in [0.15, 0.2) is 58.6 Å². The van der Waals surface area contributed by atoms with Gasteiger partial charge in [-0.15, -0.1) is 23.2 Å². The number of benzene rings is 2. The number of hydrogen-bond acceptors (Lipinski definition) is 4. The van der Waals surface area contributed by atoms with Gasteiger partial charge in [-0.2, -0.15) is 5.01 Å². The van der Waals surface area contributed by atoms with E-state index in [2.05, 4.69) is 0 Å². The standard InChI is InChI=1S/C25H15Cl7N2O4/c1-11-2-4-12(5-3-11)15(35)10-33(20(36)13-6-8-14(26)9-7-13)34-21(37)16-17(22(34)38)24(30)19(28)18(27)23(16,29)25(24,31)32/h2-9,16-17H,10H2,1H3/t16-,17-,23+,24+/m0/s1. The third-order valence-electron chi connectivity index (χ3n) is 7.12. The Hall–Kier alpha value is -1.51. The zero-order valence-corrected chi connectivity index (χ0v) is 24.4. The first-order valence-corrected chi connectivity index (χ1v) is 13.7. The Bertz CT molecular complexity index is 1400. The summed E-state index contributed by atoms with van der Waals surface area (Å²) in [6, 6.07) is 12.3. The number of ketones is 1. The molecule has 0 radical (unpaired) electrons. The molecule has 4 atom stereocenters. The molecule has 0 unspecified atom stereocenters. The van der Waals surface area contributed by atoms with Crippen molar-refractivity contribution in [2.45, 2.75) is 21.0 Å². The minimum Gasteiger partial charge on any atom is -0.292 e. The first-order chi connectivity index (χ1) is 17.7. The van der Waals surface area contributed by atoms with Crippen LogP contribution in [-0.2, 0) is 9.59 Å². The summed E-state index contributed by atoms with van der Waals surface area (Å²) in [5.41, 5.74) is 1.24. The van der Waals surface area contributed by atoms with Crippen molar-refractivity contribution >= 4 is 105 Å². The maximum Gasteiger partial charge on any atom is 0.273 e. The van der Waals surface area contributed by atoms with Gasteiger partial charge < -0.3 is 0 Å². The van der Waals surface area contributed by atoms with Gasteiger partial charge in [0.25, 0.3) is 17.7 Å². The van der Waals surface area contributed by atoms with E-state index in [9.17, 15) is 19.2 Å². The van der Waals surface area contributed by atoms with Gasteiger partial charge in [-0.3, -0.25) is 19.2 Å². The van der Waals surface area contributed by atoms with E-state index in [0.717, 1.165) is 10.6 Å². The molecule has 2 bridgehead atoms. The highest BCUT2D eigenvalue weighted by atomic mass is 35.5. The van der Waals surface area contributed by atoms with E-state index < -0.39 is 56.0 Å². The highest BCUT2D eigenvalue weighted by Crippen LogP contribution is 2.77. The lowest BCUT2D eigenvalue weighted by molar-refractivity contribution is -0.154. The number of carbonyl (C=O) groups excluding carboxylic acids is 4. The second-order valence-corrected chi connectivity index (χ2v) is 12.9. The van der Waals surface area contributed by atoms with E-state index in [0.29, 0.717) is 10.0 Å². The monoisotopic (exact) mass is 652 g/mol. The van der Waals surface area contributed by atoms with Crippen molar-refractivity contribution in [1.82, 2.24) is 10.0 Å². The number of halogens is 7. The third-order valence-corrected chi connectivity index (χ3v) is 11.6. The van der Waals surface area contributed by atoms with Crippen molar-refractivity contribution < 1.29 is 19.2 Å². The summed E-state index contributed by atoms with van der Waals surface area (Å²) in [6.45, 7) is 1.19. The van der Waals surface area contributed by atoms with Crippen LogP contribution in [0.4, 0.5) is 0 Å². The number of hydrogen-bond donors (Lipinski definition) is 0. The number of Topliss-reactive ketones (excluding diaryl/α,β-unsaturated/α-hetero) is 1. The smallest absolute Gasteiger partial charge is 0.273 e. The van der Waals surface area contributed by atoms with Crippen LogP contribution in [0.1, 0.15) is 26.3 Å². The van der Waals surface area contributed by atoms with Crippen molar-refractivity contribution in [2.24, 2.45) is 11.8 Å². The Labute approximate surface area is 252 Å².